The normalized spacial score (nSPS) is 11.1. The van der Waals surface area contributed by atoms with E-state index in [4.69, 9.17) is 0 Å². The number of amides is 1. The van der Waals surface area contributed by atoms with E-state index < -0.39 is 0 Å². The van der Waals surface area contributed by atoms with Crippen molar-refractivity contribution in [2.45, 2.75) is 40.0 Å². The molecule has 0 aliphatic carbocycles. The molecule has 32 heavy (non-hydrogen) atoms. The number of rotatable bonds is 6. The SMILES string of the molecule is CCc1cccc(NC(=O)CCc2c(C)n(C)c3cc(-c4ccccc4C)nn3c2=O)c1. The van der Waals surface area contributed by atoms with Crippen molar-refractivity contribution < 1.29 is 4.79 Å². The highest BCUT2D eigenvalue weighted by atomic mass is 16.1. The maximum atomic E-state index is 13.2. The van der Waals surface area contributed by atoms with Crippen molar-refractivity contribution in [3.8, 4) is 11.3 Å². The Bertz CT molecular complexity index is 1360. The molecule has 0 atom stereocenters. The minimum absolute atomic E-state index is 0.110. The Morgan fingerprint density at radius 3 is 2.59 bits per heavy atom. The molecular weight excluding hydrogens is 400 g/mol. The Morgan fingerprint density at radius 2 is 1.84 bits per heavy atom. The van der Waals surface area contributed by atoms with Gasteiger partial charge in [-0.15, -0.1) is 0 Å². The lowest BCUT2D eigenvalue weighted by molar-refractivity contribution is -0.116. The Kier molecular flexibility index (Phi) is 5.95. The average Bonchev–Trinajstić information content (AvgIpc) is 3.23. The second-order valence-corrected chi connectivity index (χ2v) is 8.14. The van der Waals surface area contributed by atoms with Crippen LogP contribution in [-0.4, -0.2) is 20.1 Å². The Morgan fingerprint density at radius 1 is 1.06 bits per heavy atom. The maximum absolute atomic E-state index is 13.2. The first kappa shape index (κ1) is 21.6. The quantitative estimate of drug-likeness (QED) is 0.493. The van der Waals surface area contributed by atoms with Gasteiger partial charge in [0.1, 0.15) is 5.65 Å². The lowest BCUT2D eigenvalue weighted by Crippen LogP contribution is -2.26. The molecule has 2 aromatic heterocycles. The van der Waals surface area contributed by atoms with Gasteiger partial charge in [-0.05, 0) is 49.9 Å². The molecule has 0 saturated carbocycles. The highest BCUT2D eigenvalue weighted by Crippen LogP contribution is 2.23. The first-order valence-corrected chi connectivity index (χ1v) is 10.9. The van der Waals surface area contributed by atoms with Gasteiger partial charge in [0.15, 0.2) is 0 Å². The van der Waals surface area contributed by atoms with E-state index in [0.29, 0.717) is 12.0 Å². The van der Waals surface area contributed by atoms with E-state index in [9.17, 15) is 9.59 Å². The predicted octanol–water partition coefficient (Wildman–Crippen LogP) is 4.45. The Hall–Kier alpha value is -3.67. The van der Waals surface area contributed by atoms with Gasteiger partial charge in [-0.3, -0.25) is 9.59 Å². The molecule has 1 amide bonds. The van der Waals surface area contributed by atoms with Gasteiger partial charge in [-0.2, -0.15) is 9.61 Å². The molecule has 0 saturated heterocycles. The Labute approximate surface area is 187 Å². The predicted molar refractivity (Wildman–Crippen MR) is 128 cm³/mol. The van der Waals surface area contributed by atoms with Crippen molar-refractivity contribution >= 4 is 17.2 Å². The highest BCUT2D eigenvalue weighted by Gasteiger charge is 2.17. The molecule has 164 valence electrons. The van der Waals surface area contributed by atoms with Gasteiger partial charge in [0, 0.05) is 42.0 Å². The fourth-order valence-corrected chi connectivity index (χ4v) is 4.03. The van der Waals surface area contributed by atoms with Crippen LogP contribution in [0.2, 0.25) is 0 Å². The van der Waals surface area contributed by atoms with Gasteiger partial charge >= 0.3 is 0 Å². The average molecular weight is 429 g/mol. The van der Waals surface area contributed by atoms with Crippen LogP contribution in [0.4, 0.5) is 5.69 Å². The van der Waals surface area contributed by atoms with Crippen LogP contribution >= 0.6 is 0 Å². The highest BCUT2D eigenvalue weighted by molar-refractivity contribution is 5.90. The summed E-state index contributed by atoms with van der Waals surface area (Å²) in [7, 11) is 1.92. The summed E-state index contributed by atoms with van der Waals surface area (Å²) in [6, 6.07) is 17.8. The van der Waals surface area contributed by atoms with Crippen LogP contribution in [0.5, 0.6) is 0 Å². The van der Waals surface area contributed by atoms with E-state index in [2.05, 4.69) is 17.3 Å². The third-order valence-corrected chi connectivity index (χ3v) is 6.07. The largest absolute Gasteiger partial charge is 0.333 e. The summed E-state index contributed by atoms with van der Waals surface area (Å²) in [6.45, 7) is 6.03. The molecule has 1 N–H and O–H groups in total. The summed E-state index contributed by atoms with van der Waals surface area (Å²) < 4.78 is 3.42. The summed E-state index contributed by atoms with van der Waals surface area (Å²) in [4.78, 5) is 25.8. The number of nitrogens with zero attached hydrogens (tertiary/aromatic N) is 3. The fraction of sp³-hybridized carbons (Fsp3) is 0.269. The zero-order valence-electron chi connectivity index (χ0n) is 19.0. The summed E-state index contributed by atoms with van der Waals surface area (Å²) in [6.07, 6.45) is 1.49. The molecule has 6 nitrogen and oxygen atoms in total. The fourth-order valence-electron chi connectivity index (χ4n) is 4.03. The van der Waals surface area contributed by atoms with Gasteiger partial charge in [0.05, 0.1) is 5.69 Å². The monoisotopic (exact) mass is 428 g/mol. The summed E-state index contributed by atoms with van der Waals surface area (Å²) in [5.74, 6) is -0.110. The van der Waals surface area contributed by atoms with E-state index in [1.807, 2.05) is 80.1 Å². The molecule has 0 radical (unpaired) electrons. The Balaban J connectivity index is 1.61. The topological polar surface area (TPSA) is 68.4 Å². The number of carbonyl (C=O) groups is 1. The van der Waals surface area contributed by atoms with E-state index >= 15 is 0 Å². The number of hydrogen-bond donors (Lipinski definition) is 1. The summed E-state index contributed by atoms with van der Waals surface area (Å²) in [5, 5.41) is 7.54. The maximum Gasteiger partial charge on any atom is 0.277 e. The second-order valence-electron chi connectivity index (χ2n) is 8.14. The molecule has 0 aliphatic rings. The number of hydrogen-bond acceptors (Lipinski definition) is 3. The van der Waals surface area contributed by atoms with Crippen molar-refractivity contribution in [2.75, 3.05) is 5.32 Å². The zero-order valence-corrected chi connectivity index (χ0v) is 19.0. The smallest absolute Gasteiger partial charge is 0.277 e. The van der Waals surface area contributed by atoms with Crippen LogP contribution in [0.3, 0.4) is 0 Å². The summed E-state index contributed by atoms with van der Waals surface area (Å²) >= 11 is 0. The van der Waals surface area contributed by atoms with Gasteiger partial charge < -0.3 is 9.88 Å². The minimum Gasteiger partial charge on any atom is -0.333 e. The number of carbonyl (C=O) groups excluding carboxylic acids is 1. The van der Waals surface area contributed by atoms with E-state index in [1.165, 1.54) is 10.1 Å². The number of benzene rings is 2. The standard InChI is InChI=1S/C26H28N4O2/c1-5-19-10-8-11-20(15-19)27-24(31)14-13-22-18(3)29(4)25-16-23(28-30(25)26(22)32)21-12-7-6-9-17(21)2/h6-12,15-16H,5,13-14H2,1-4H3,(H,27,31). The van der Waals surface area contributed by atoms with Crippen LogP contribution in [0.25, 0.3) is 16.9 Å². The van der Waals surface area contributed by atoms with Crippen molar-refractivity contribution in [2.24, 2.45) is 7.05 Å². The van der Waals surface area contributed by atoms with E-state index in [-0.39, 0.29) is 17.9 Å². The third-order valence-electron chi connectivity index (χ3n) is 6.07. The third kappa shape index (κ3) is 4.08. The van der Waals surface area contributed by atoms with Gasteiger partial charge in [-0.1, -0.05) is 43.3 Å². The zero-order chi connectivity index (χ0) is 22.8. The number of aryl methyl sites for hydroxylation is 3. The molecule has 0 spiro atoms. The first-order valence-electron chi connectivity index (χ1n) is 10.9. The van der Waals surface area contributed by atoms with Gasteiger partial charge in [0.2, 0.25) is 5.91 Å². The lowest BCUT2D eigenvalue weighted by Gasteiger charge is -2.12. The van der Waals surface area contributed by atoms with E-state index in [1.54, 1.807) is 0 Å². The van der Waals surface area contributed by atoms with Crippen molar-refractivity contribution in [1.82, 2.24) is 14.2 Å². The van der Waals surface area contributed by atoms with Crippen LogP contribution in [0.1, 0.15) is 35.7 Å². The molecular formula is C26H28N4O2. The number of fused-ring (bicyclic) bond motifs is 1. The van der Waals surface area contributed by atoms with E-state index in [0.717, 1.165) is 40.3 Å². The molecule has 0 fully saturated rings. The molecule has 0 aliphatic heterocycles. The van der Waals surface area contributed by atoms with Crippen LogP contribution < -0.4 is 10.9 Å². The van der Waals surface area contributed by atoms with Crippen molar-refractivity contribution in [1.29, 1.82) is 0 Å². The molecule has 0 bridgehead atoms. The molecule has 2 aromatic carbocycles. The molecule has 2 heterocycles. The van der Waals surface area contributed by atoms with Crippen LogP contribution in [0, 0.1) is 13.8 Å². The molecule has 4 aromatic rings. The van der Waals surface area contributed by atoms with Crippen molar-refractivity contribution in [3.63, 3.8) is 0 Å². The van der Waals surface area contributed by atoms with Crippen LogP contribution in [0.15, 0.2) is 59.4 Å². The lowest BCUT2D eigenvalue weighted by atomic mass is 10.1. The summed E-state index contributed by atoms with van der Waals surface area (Å²) in [5.41, 5.74) is 6.84. The van der Waals surface area contributed by atoms with Gasteiger partial charge in [-0.25, -0.2) is 0 Å². The second kappa shape index (κ2) is 8.83. The van der Waals surface area contributed by atoms with Crippen LogP contribution in [-0.2, 0) is 24.7 Å². The number of nitrogens with one attached hydrogen (secondary N) is 1. The number of anilines is 1. The minimum atomic E-state index is -0.170. The van der Waals surface area contributed by atoms with Crippen molar-refractivity contribution in [3.05, 3.63) is 87.3 Å². The molecule has 6 heteroatoms. The van der Waals surface area contributed by atoms with Gasteiger partial charge in [0.25, 0.3) is 5.56 Å². The number of aromatic nitrogens is 3. The molecule has 0 unspecified atom stereocenters. The molecule has 4 rings (SSSR count). The first-order chi connectivity index (χ1) is 15.4.